The maximum absolute atomic E-state index is 5.97. The van der Waals surface area contributed by atoms with Crippen molar-refractivity contribution >= 4 is 26.7 Å². The molecule has 1 aromatic heterocycles. The summed E-state index contributed by atoms with van der Waals surface area (Å²) in [7, 11) is 0. The fourth-order valence-corrected chi connectivity index (χ4v) is 3.49. The number of rotatable bonds is 7. The minimum absolute atomic E-state index is 0.512. The monoisotopic (exact) mass is 436 g/mol. The summed E-state index contributed by atoms with van der Waals surface area (Å²) >= 11 is 3.50. The minimum atomic E-state index is 0.512. The summed E-state index contributed by atoms with van der Waals surface area (Å²) in [4.78, 5) is 0. The van der Waals surface area contributed by atoms with E-state index >= 15 is 0 Å². The summed E-state index contributed by atoms with van der Waals surface area (Å²) < 4.78 is 14.7. The summed E-state index contributed by atoms with van der Waals surface area (Å²) in [6.45, 7) is 3.70. The summed E-state index contributed by atoms with van der Waals surface area (Å²) in [5, 5.41) is 7.03. The van der Waals surface area contributed by atoms with E-state index in [4.69, 9.17) is 14.6 Å². The first kappa shape index (κ1) is 18.6. The highest BCUT2D eigenvalue weighted by Crippen LogP contribution is 2.25. The SMILES string of the molecule is CCOc1cc(-c2ccccc2)nn1CCOc1ccc2cc(Br)ccc2c1. The van der Waals surface area contributed by atoms with E-state index in [1.165, 1.54) is 5.39 Å². The third kappa shape index (κ3) is 4.20. The van der Waals surface area contributed by atoms with Gasteiger partial charge in [-0.25, -0.2) is 4.68 Å². The van der Waals surface area contributed by atoms with Crippen LogP contribution in [0.15, 0.2) is 77.3 Å². The Morgan fingerprint density at radius 2 is 1.68 bits per heavy atom. The van der Waals surface area contributed by atoms with Crippen LogP contribution in [-0.4, -0.2) is 23.0 Å². The second-order valence-corrected chi connectivity index (χ2v) is 7.31. The van der Waals surface area contributed by atoms with E-state index in [1.807, 2.05) is 60.1 Å². The van der Waals surface area contributed by atoms with Crippen molar-refractivity contribution in [2.45, 2.75) is 13.5 Å². The topological polar surface area (TPSA) is 36.3 Å². The molecule has 0 aliphatic rings. The lowest BCUT2D eigenvalue weighted by atomic mass is 10.1. The lowest BCUT2D eigenvalue weighted by Gasteiger charge is -2.10. The fourth-order valence-electron chi connectivity index (χ4n) is 3.11. The van der Waals surface area contributed by atoms with Gasteiger partial charge in [0.2, 0.25) is 5.88 Å². The number of fused-ring (bicyclic) bond motifs is 1. The van der Waals surface area contributed by atoms with Crippen LogP contribution in [0.25, 0.3) is 22.0 Å². The first-order chi connectivity index (χ1) is 13.7. The highest BCUT2D eigenvalue weighted by Gasteiger charge is 2.10. The second-order valence-electron chi connectivity index (χ2n) is 6.39. The van der Waals surface area contributed by atoms with Gasteiger partial charge in [0.05, 0.1) is 18.8 Å². The molecule has 0 aliphatic heterocycles. The normalized spacial score (nSPS) is 10.9. The van der Waals surface area contributed by atoms with Crippen LogP contribution in [0.2, 0.25) is 0 Å². The predicted molar refractivity (Wildman–Crippen MR) is 116 cm³/mol. The van der Waals surface area contributed by atoms with Crippen LogP contribution >= 0.6 is 15.9 Å². The van der Waals surface area contributed by atoms with Crippen molar-refractivity contribution in [2.75, 3.05) is 13.2 Å². The van der Waals surface area contributed by atoms with Crippen LogP contribution in [0.3, 0.4) is 0 Å². The van der Waals surface area contributed by atoms with Gasteiger partial charge in [-0.1, -0.05) is 58.4 Å². The molecule has 0 bridgehead atoms. The lowest BCUT2D eigenvalue weighted by Crippen LogP contribution is -2.11. The molecule has 3 aromatic carbocycles. The van der Waals surface area contributed by atoms with Crippen LogP contribution in [0, 0.1) is 0 Å². The Morgan fingerprint density at radius 1 is 0.893 bits per heavy atom. The minimum Gasteiger partial charge on any atom is -0.492 e. The molecule has 0 fully saturated rings. The number of hydrogen-bond acceptors (Lipinski definition) is 3. The molecule has 0 amide bonds. The van der Waals surface area contributed by atoms with Crippen LogP contribution in [0.4, 0.5) is 0 Å². The van der Waals surface area contributed by atoms with Crippen molar-refractivity contribution in [3.05, 3.63) is 77.3 Å². The molecule has 0 saturated heterocycles. The Labute approximate surface area is 172 Å². The zero-order valence-electron chi connectivity index (χ0n) is 15.6. The lowest BCUT2D eigenvalue weighted by molar-refractivity contribution is 0.260. The van der Waals surface area contributed by atoms with Crippen molar-refractivity contribution in [3.63, 3.8) is 0 Å². The molecule has 5 heteroatoms. The number of benzene rings is 3. The standard InChI is InChI=1S/C23H21BrN2O2/c1-2-27-23-16-22(17-6-4-3-5-7-17)25-26(23)12-13-28-21-11-9-18-14-20(24)10-8-19(18)15-21/h3-11,14-16H,2,12-13H2,1H3. The van der Waals surface area contributed by atoms with Gasteiger partial charge in [-0.15, -0.1) is 0 Å². The van der Waals surface area contributed by atoms with E-state index in [0.717, 1.165) is 32.7 Å². The summed E-state index contributed by atoms with van der Waals surface area (Å²) in [5.41, 5.74) is 1.98. The van der Waals surface area contributed by atoms with Gasteiger partial charge in [0.1, 0.15) is 12.4 Å². The number of aromatic nitrogens is 2. The number of halogens is 1. The largest absolute Gasteiger partial charge is 0.492 e. The van der Waals surface area contributed by atoms with E-state index in [0.29, 0.717) is 19.8 Å². The molecular weight excluding hydrogens is 416 g/mol. The average Bonchev–Trinajstić information content (AvgIpc) is 3.12. The van der Waals surface area contributed by atoms with Gasteiger partial charge >= 0.3 is 0 Å². The first-order valence-corrected chi connectivity index (χ1v) is 10.1. The second kappa shape index (κ2) is 8.48. The number of hydrogen-bond donors (Lipinski definition) is 0. The Bertz CT molecular complexity index is 1080. The van der Waals surface area contributed by atoms with Gasteiger partial charge in [0.25, 0.3) is 0 Å². The molecule has 0 atom stereocenters. The maximum atomic E-state index is 5.97. The van der Waals surface area contributed by atoms with Gasteiger partial charge in [-0.2, -0.15) is 5.10 Å². The average molecular weight is 437 g/mol. The molecule has 1 heterocycles. The molecule has 4 aromatic rings. The van der Waals surface area contributed by atoms with E-state index in [-0.39, 0.29) is 0 Å². The van der Waals surface area contributed by atoms with Gasteiger partial charge < -0.3 is 9.47 Å². The third-order valence-corrected chi connectivity index (χ3v) is 4.94. The molecule has 4 rings (SSSR count). The smallest absolute Gasteiger partial charge is 0.212 e. The molecule has 0 unspecified atom stereocenters. The molecule has 142 valence electrons. The summed E-state index contributed by atoms with van der Waals surface area (Å²) in [6.07, 6.45) is 0. The first-order valence-electron chi connectivity index (χ1n) is 9.31. The fraction of sp³-hybridized carbons (Fsp3) is 0.174. The van der Waals surface area contributed by atoms with E-state index in [2.05, 4.69) is 40.2 Å². The molecular formula is C23H21BrN2O2. The highest BCUT2D eigenvalue weighted by atomic mass is 79.9. The molecule has 28 heavy (non-hydrogen) atoms. The Balaban J connectivity index is 1.47. The zero-order valence-corrected chi connectivity index (χ0v) is 17.2. The van der Waals surface area contributed by atoms with Crippen molar-refractivity contribution in [3.8, 4) is 22.9 Å². The molecule has 4 nitrogen and oxygen atoms in total. The number of ether oxygens (including phenoxy) is 2. The quantitative estimate of drug-likeness (QED) is 0.359. The van der Waals surface area contributed by atoms with Crippen molar-refractivity contribution in [1.82, 2.24) is 9.78 Å². The Kier molecular flexibility index (Phi) is 5.63. The van der Waals surface area contributed by atoms with Gasteiger partial charge in [0, 0.05) is 16.1 Å². The van der Waals surface area contributed by atoms with Gasteiger partial charge in [-0.05, 0) is 42.0 Å². The Morgan fingerprint density at radius 3 is 2.50 bits per heavy atom. The Hall–Kier alpha value is -2.79. The van der Waals surface area contributed by atoms with Crippen molar-refractivity contribution in [2.24, 2.45) is 0 Å². The zero-order chi connectivity index (χ0) is 19.3. The van der Waals surface area contributed by atoms with Crippen LogP contribution < -0.4 is 9.47 Å². The molecule has 0 spiro atoms. The van der Waals surface area contributed by atoms with E-state index in [9.17, 15) is 0 Å². The van der Waals surface area contributed by atoms with Gasteiger partial charge in [0.15, 0.2) is 0 Å². The molecule has 0 N–H and O–H groups in total. The summed E-state index contributed by atoms with van der Waals surface area (Å²) in [6, 6.07) is 24.4. The predicted octanol–water partition coefficient (Wildman–Crippen LogP) is 5.94. The molecule has 0 saturated carbocycles. The van der Waals surface area contributed by atoms with Crippen molar-refractivity contribution < 1.29 is 9.47 Å². The van der Waals surface area contributed by atoms with Crippen LogP contribution in [0.5, 0.6) is 11.6 Å². The molecule has 0 aliphatic carbocycles. The van der Waals surface area contributed by atoms with E-state index in [1.54, 1.807) is 0 Å². The van der Waals surface area contributed by atoms with Crippen LogP contribution in [0.1, 0.15) is 6.92 Å². The highest BCUT2D eigenvalue weighted by molar-refractivity contribution is 9.10. The van der Waals surface area contributed by atoms with Crippen molar-refractivity contribution in [1.29, 1.82) is 0 Å². The third-order valence-electron chi connectivity index (χ3n) is 4.45. The maximum Gasteiger partial charge on any atom is 0.212 e. The number of nitrogens with zero attached hydrogens (tertiary/aromatic N) is 2. The van der Waals surface area contributed by atoms with E-state index < -0.39 is 0 Å². The molecule has 0 radical (unpaired) electrons. The van der Waals surface area contributed by atoms with Crippen LogP contribution in [-0.2, 0) is 6.54 Å². The summed E-state index contributed by atoms with van der Waals surface area (Å²) in [5.74, 6) is 1.61. The van der Waals surface area contributed by atoms with Gasteiger partial charge in [-0.3, -0.25) is 0 Å².